The Morgan fingerprint density at radius 3 is 1.84 bits per heavy atom. The molecule has 0 saturated heterocycles. The molecule has 0 unspecified atom stereocenters. The molecule has 0 bridgehead atoms. The molecule has 4 heteroatoms. The van der Waals surface area contributed by atoms with Gasteiger partial charge in [-0.3, -0.25) is 0 Å². The molecule has 6 aromatic rings. The van der Waals surface area contributed by atoms with Crippen LogP contribution < -0.4 is 0 Å². The van der Waals surface area contributed by atoms with Crippen molar-refractivity contribution in [2.75, 3.05) is 0 Å². The van der Waals surface area contributed by atoms with Crippen LogP contribution in [0.1, 0.15) is 53.1 Å². The molecule has 44 heavy (non-hydrogen) atoms. The van der Waals surface area contributed by atoms with Gasteiger partial charge in [0, 0.05) is 0 Å². The van der Waals surface area contributed by atoms with E-state index < -0.39 is 0 Å². The van der Waals surface area contributed by atoms with Crippen molar-refractivity contribution in [1.29, 1.82) is 0 Å². The number of hydrogen-bond donors (Lipinski definition) is 0. The van der Waals surface area contributed by atoms with E-state index in [4.69, 9.17) is 0 Å². The average Bonchev–Trinajstić information content (AvgIpc) is 3.59. The third kappa shape index (κ3) is 8.95. The Morgan fingerprint density at radius 1 is 0.591 bits per heavy atom. The van der Waals surface area contributed by atoms with Crippen LogP contribution in [0.15, 0.2) is 97.1 Å². The number of rotatable bonds is 3. The maximum absolute atomic E-state index is 3.06. The molecule has 0 N–H and O–H groups in total. The van der Waals surface area contributed by atoms with Crippen molar-refractivity contribution in [3.8, 4) is 22.3 Å². The Hall–Kier alpha value is -2.22. The standard InChI is InChI=1S/C21H23.C17H15.2CH3.2ClH.Si.Zr/c1-13(2)18-11-17-7-6-8-20(21(17)12-18)19-10-9-14(3)15(4)16(19)5;1-12-10-16-13(2)8-9-15(17(16)11-12)14-6-4-3-5-7-14;;;;;;/h6-13H,1-5H3;3-11H,1-2H3;2*1H3;2*1H;;/q4*-1;;;;. The molecule has 0 amide bonds. The molecule has 0 aliphatic carbocycles. The molecule has 0 aromatic heterocycles. The van der Waals surface area contributed by atoms with Gasteiger partial charge in [-0.05, 0) is 54.5 Å². The van der Waals surface area contributed by atoms with Crippen LogP contribution >= 0.6 is 24.8 Å². The van der Waals surface area contributed by atoms with E-state index in [0.29, 0.717) is 5.92 Å². The molecule has 0 heterocycles. The summed E-state index contributed by atoms with van der Waals surface area (Å²) in [5, 5.41) is 5.49. The second-order valence-electron chi connectivity index (χ2n) is 11.1. The maximum atomic E-state index is 3.06. The van der Waals surface area contributed by atoms with Gasteiger partial charge >= 0.3 is 30.2 Å². The van der Waals surface area contributed by atoms with Gasteiger partial charge in [0.05, 0.1) is 0 Å². The van der Waals surface area contributed by atoms with E-state index in [1.165, 1.54) is 101 Å². The summed E-state index contributed by atoms with van der Waals surface area (Å²) in [5.74, 6) is 0.575. The predicted molar refractivity (Wildman–Crippen MR) is 201 cm³/mol. The van der Waals surface area contributed by atoms with Gasteiger partial charge in [0.2, 0.25) is 0 Å². The second-order valence-corrected chi connectivity index (χ2v) is 11.1. The summed E-state index contributed by atoms with van der Waals surface area (Å²) >= 11 is 1.36. The van der Waals surface area contributed by atoms with Crippen molar-refractivity contribution in [1.82, 2.24) is 0 Å². The quantitative estimate of drug-likeness (QED) is 0.126. The summed E-state index contributed by atoms with van der Waals surface area (Å²) in [6.07, 6.45) is 0. The first-order valence-corrected chi connectivity index (χ1v) is 18.2. The number of hydrogen-bond acceptors (Lipinski definition) is 0. The van der Waals surface area contributed by atoms with Crippen LogP contribution in [0, 0.1) is 49.5 Å². The van der Waals surface area contributed by atoms with E-state index in [-0.39, 0.29) is 39.7 Å². The fourth-order valence-electron chi connectivity index (χ4n) is 5.53. The molecule has 0 fully saturated rings. The van der Waals surface area contributed by atoms with Gasteiger partial charge in [-0.15, -0.1) is 93.4 Å². The van der Waals surface area contributed by atoms with Crippen LogP contribution in [0.3, 0.4) is 0 Å². The zero-order valence-electron chi connectivity index (χ0n) is 27.6. The van der Waals surface area contributed by atoms with Crippen molar-refractivity contribution in [2.24, 2.45) is 0 Å². The van der Waals surface area contributed by atoms with E-state index in [0.717, 1.165) is 0 Å². The minimum absolute atomic E-state index is 0. The molecule has 0 aliphatic heterocycles. The number of benzene rings is 4. The van der Waals surface area contributed by atoms with E-state index in [1.807, 2.05) is 0 Å². The van der Waals surface area contributed by atoms with Gasteiger partial charge < -0.3 is 14.9 Å². The molecular formula is C40H46Cl2SiZr-4. The third-order valence-electron chi connectivity index (χ3n) is 8.12. The molecule has 0 saturated carbocycles. The fourth-order valence-corrected chi connectivity index (χ4v) is 5.53. The molecule has 0 spiro atoms. The van der Waals surface area contributed by atoms with Crippen molar-refractivity contribution in [2.45, 2.75) is 54.4 Å². The van der Waals surface area contributed by atoms with E-state index in [9.17, 15) is 0 Å². The SMILES string of the molecule is Cc1cc2c(-c3ccccc3)ccc(C)c2[cH-]1.Cc1ccc(-c2cccc3[cH-]c(C(C)C)cc23)c(C)c1C.Cl.Cl.[CH3-].[CH3-].[Si]=[Zr]. The summed E-state index contributed by atoms with van der Waals surface area (Å²) in [6, 6.07) is 35.5. The Labute approximate surface area is 296 Å². The Morgan fingerprint density at radius 2 is 1.20 bits per heavy atom. The van der Waals surface area contributed by atoms with Crippen LogP contribution in [-0.4, -0.2) is 6.88 Å². The normalized spacial score (nSPS) is 9.80. The first-order chi connectivity index (χ1) is 19.2. The molecule has 6 rings (SSSR count). The van der Waals surface area contributed by atoms with Crippen LogP contribution in [0.25, 0.3) is 43.8 Å². The molecule has 0 nitrogen and oxygen atoms in total. The zero-order valence-corrected chi connectivity index (χ0v) is 32.7. The summed E-state index contributed by atoms with van der Waals surface area (Å²) in [5.41, 5.74) is 13.6. The van der Waals surface area contributed by atoms with Crippen molar-refractivity contribution < 1.29 is 23.3 Å². The minimum atomic E-state index is 0. The first-order valence-electron chi connectivity index (χ1n) is 14.0. The van der Waals surface area contributed by atoms with Gasteiger partial charge in [0.1, 0.15) is 0 Å². The van der Waals surface area contributed by atoms with Crippen molar-refractivity contribution >= 4 is 53.2 Å². The average molecular weight is 717 g/mol. The summed E-state index contributed by atoms with van der Waals surface area (Å²) in [4.78, 5) is 0. The number of halogens is 2. The molecule has 6 aromatic carbocycles. The zero-order chi connectivity index (χ0) is 29.0. The van der Waals surface area contributed by atoms with Gasteiger partial charge in [0.15, 0.2) is 0 Å². The summed E-state index contributed by atoms with van der Waals surface area (Å²) in [6.45, 7) is 18.6. The summed E-state index contributed by atoms with van der Waals surface area (Å²) < 4.78 is 0. The first kappa shape index (κ1) is 41.8. The fraction of sp³-hybridized carbons (Fsp3) is 0.200. The summed E-state index contributed by atoms with van der Waals surface area (Å²) in [7, 11) is 0. The van der Waals surface area contributed by atoms with Crippen molar-refractivity contribution in [3.05, 3.63) is 145 Å². The van der Waals surface area contributed by atoms with E-state index in [2.05, 4.69) is 152 Å². The Kier molecular flexibility index (Phi) is 17.7. The van der Waals surface area contributed by atoms with Crippen LogP contribution in [0.2, 0.25) is 0 Å². The van der Waals surface area contributed by atoms with Crippen LogP contribution in [0.5, 0.6) is 0 Å². The third-order valence-corrected chi connectivity index (χ3v) is 8.12. The Balaban J connectivity index is 0.000000743. The van der Waals surface area contributed by atoms with Gasteiger partial charge in [-0.2, -0.15) is 12.1 Å². The molecule has 0 atom stereocenters. The van der Waals surface area contributed by atoms with Crippen LogP contribution in [-0.2, 0) is 23.3 Å². The molecular weight excluding hydrogens is 671 g/mol. The van der Waals surface area contributed by atoms with Crippen LogP contribution in [0.4, 0.5) is 0 Å². The van der Waals surface area contributed by atoms with Gasteiger partial charge in [-0.25, -0.2) is 0 Å². The monoisotopic (exact) mass is 714 g/mol. The molecule has 2 radical (unpaired) electrons. The topological polar surface area (TPSA) is 0 Å². The van der Waals surface area contributed by atoms with Crippen molar-refractivity contribution in [3.63, 3.8) is 0 Å². The van der Waals surface area contributed by atoms with Gasteiger partial charge in [-0.1, -0.05) is 93.4 Å². The van der Waals surface area contributed by atoms with E-state index in [1.54, 1.807) is 0 Å². The van der Waals surface area contributed by atoms with E-state index >= 15 is 0 Å². The van der Waals surface area contributed by atoms with Gasteiger partial charge in [0.25, 0.3) is 0 Å². The Bertz CT molecular complexity index is 1760. The molecule has 0 aliphatic rings. The number of aryl methyl sites for hydroxylation is 3. The number of fused-ring (bicyclic) bond motifs is 2. The second kappa shape index (κ2) is 18.7. The predicted octanol–water partition coefficient (Wildman–Crippen LogP) is 12.5. The molecule has 232 valence electrons.